The lowest BCUT2D eigenvalue weighted by Crippen LogP contribution is -2.22. The van der Waals surface area contributed by atoms with E-state index in [2.05, 4.69) is 25.4 Å². The third-order valence-electron chi connectivity index (χ3n) is 5.37. The van der Waals surface area contributed by atoms with Crippen molar-refractivity contribution >= 4 is 0 Å². The molecule has 4 aromatic rings. The van der Waals surface area contributed by atoms with Crippen LogP contribution in [-0.2, 0) is 12.7 Å². The maximum absolute atomic E-state index is 13.4. The minimum atomic E-state index is -4.46. The van der Waals surface area contributed by atoms with Gasteiger partial charge in [0.2, 0.25) is 11.6 Å². The van der Waals surface area contributed by atoms with Crippen molar-refractivity contribution in [2.45, 2.75) is 32.6 Å². The van der Waals surface area contributed by atoms with E-state index in [9.17, 15) is 17.6 Å². The normalized spacial score (nSPS) is 15.6. The Morgan fingerprint density at radius 1 is 0.935 bits per heavy atom. The van der Waals surface area contributed by atoms with E-state index in [0.717, 1.165) is 12.3 Å². The van der Waals surface area contributed by atoms with E-state index in [-0.39, 0.29) is 11.6 Å². The number of fused-ring (bicyclic) bond motifs is 3. The van der Waals surface area contributed by atoms with Gasteiger partial charge in [0.05, 0.1) is 17.8 Å². The topological polar surface area (TPSA) is 74.3 Å². The first-order valence-electron chi connectivity index (χ1n) is 9.43. The molecule has 0 saturated carbocycles. The highest BCUT2D eigenvalue weighted by Crippen LogP contribution is 2.39. The summed E-state index contributed by atoms with van der Waals surface area (Å²) in [4.78, 5) is 4.06. The third-order valence-corrected chi connectivity index (χ3v) is 5.37. The minimum Gasteiger partial charge on any atom is -0.301 e. The molecule has 4 heterocycles. The fourth-order valence-electron chi connectivity index (χ4n) is 3.91. The molecule has 0 spiro atoms. The van der Waals surface area contributed by atoms with E-state index >= 15 is 0 Å². The monoisotopic (exact) mass is 429 g/mol. The molecule has 1 aliphatic heterocycles. The second-order valence-corrected chi connectivity index (χ2v) is 7.36. The van der Waals surface area contributed by atoms with Crippen molar-refractivity contribution in [2.75, 3.05) is 0 Å². The molecule has 0 saturated heterocycles. The summed E-state index contributed by atoms with van der Waals surface area (Å²) in [5.74, 6) is 1.14. The van der Waals surface area contributed by atoms with Gasteiger partial charge in [0.15, 0.2) is 11.6 Å². The largest absolute Gasteiger partial charge is 0.416 e. The number of halogens is 4. The molecule has 1 aliphatic rings. The average molecular weight is 429 g/mol. The van der Waals surface area contributed by atoms with Crippen molar-refractivity contribution in [2.24, 2.45) is 0 Å². The van der Waals surface area contributed by atoms with Crippen molar-refractivity contribution in [3.8, 4) is 34.6 Å². The van der Waals surface area contributed by atoms with Crippen molar-refractivity contribution in [1.29, 1.82) is 0 Å². The zero-order valence-electron chi connectivity index (χ0n) is 16.4. The van der Waals surface area contributed by atoms with Gasteiger partial charge in [-0.05, 0) is 37.6 Å². The summed E-state index contributed by atoms with van der Waals surface area (Å²) < 4.78 is 56.9. The second-order valence-electron chi connectivity index (χ2n) is 7.36. The number of alkyl halides is 3. The maximum Gasteiger partial charge on any atom is 0.416 e. The summed E-state index contributed by atoms with van der Waals surface area (Å²) in [6.45, 7) is 3.75. The molecule has 0 bridgehead atoms. The predicted molar refractivity (Wildman–Crippen MR) is 102 cm³/mol. The highest BCUT2D eigenvalue weighted by Gasteiger charge is 2.35. The number of aromatic nitrogens is 7. The Kier molecular flexibility index (Phi) is 4.17. The Labute approximate surface area is 173 Å². The van der Waals surface area contributed by atoms with Crippen LogP contribution < -0.4 is 0 Å². The molecule has 1 unspecified atom stereocenters. The molecule has 0 amide bonds. The molecule has 3 aromatic heterocycles. The molecule has 1 aromatic carbocycles. The summed E-state index contributed by atoms with van der Waals surface area (Å²) >= 11 is 0. The van der Waals surface area contributed by atoms with E-state index in [1.54, 1.807) is 15.2 Å². The predicted octanol–water partition coefficient (Wildman–Crippen LogP) is 4.31. The van der Waals surface area contributed by atoms with Crippen LogP contribution in [0.3, 0.4) is 0 Å². The van der Waals surface area contributed by atoms with Gasteiger partial charge in [-0.15, -0.1) is 20.4 Å². The van der Waals surface area contributed by atoms with Gasteiger partial charge in [0, 0.05) is 12.1 Å². The number of hydrogen-bond donors (Lipinski definition) is 0. The van der Waals surface area contributed by atoms with E-state index in [1.807, 2.05) is 6.92 Å². The van der Waals surface area contributed by atoms with Crippen LogP contribution in [0.1, 0.15) is 24.1 Å². The molecule has 1 atom stereocenters. The van der Waals surface area contributed by atoms with Gasteiger partial charge in [-0.25, -0.2) is 9.37 Å². The van der Waals surface area contributed by atoms with Crippen LogP contribution in [0.5, 0.6) is 0 Å². The van der Waals surface area contributed by atoms with Crippen LogP contribution in [-0.4, -0.2) is 34.5 Å². The molecule has 0 fully saturated rings. The summed E-state index contributed by atoms with van der Waals surface area (Å²) in [7, 11) is 0. The Morgan fingerprint density at radius 3 is 2.35 bits per heavy atom. The maximum atomic E-state index is 13.4. The first-order chi connectivity index (χ1) is 14.8. The van der Waals surface area contributed by atoms with Gasteiger partial charge in [-0.1, -0.05) is 12.1 Å². The Balaban J connectivity index is 1.64. The highest BCUT2D eigenvalue weighted by molar-refractivity contribution is 5.66. The number of pyridine rings is 1. The molecular formula is C20H15F4N7. The Bertz CT molecular complexity index is 1290. The molecule has 0 aliphatic carbocycles. The van der Waals surface area contributed by atoms with E-state index in [0.29, 0.717) is 41.1 Å². The summed E-state index contributed by atoms with van der Waals surface area (Å²) in [6, 6.07) is 6.61. The molecule has 11 heteroatoms. The van der Waals surface area contributed by atoms with Crippen molar-refractivity contribution in [3.05, 3.63) is 53.5 Å². The molecule has 158 valence electrons. The van der Waals surface area contributed by atoms with Crippen LogP contribution >= 0.6 is 0 Å². The molecule has 0 N–H and O–H groups in total. The van der Waals surface area contributed by atoms with Crippen LogP contribution in [0.25, 0.3) is 34.6 Å². The van der Waals surface area contributed by atoms with Gasteiger partial charge < -0.3 is 4.57 Å². The van der Waals surface area contributed by atoms with Crippen LogP contribution in [0.15, 0.2) is 36.5 Å². The molecule has 0 radical (unpaired) electrons. The molecule has 7 nitrogen and oxygen atoms in total. The van der Waals surface area contributed by atoms with Crippen LogP contribution in [0, 0.1) is 12.7 Å². The number of nitrogens with zero attached hydrogens (tertiary/aromatic N) is 7. The highest BCUT2D eigenvalue weighted by atomic mass is 19.4. The first kappa shape index (κ1) is 19.3. The lowest BCUT2D eigenvalue weighted by atomic mass is 10.0. The molecule has 5 rings (SSSR count). The number of hydrogen-bond acceptors (Lipinski definition) is 5. The van der Waals surface area contributed by atoms with Gasteiger partial charge in [0.1, 0.15) is 11.5 Å². The Morgan fingerprint density at radius 2 is 1.65 bits per heavy atom. The smallest absolute Gasteiger partial charge is 0.301 e. The zero-order valence-corrected chi connectivity index (χ0v) is 16.4. The minimum absolute atomic E-state index is 0.0839. The lowest BCUT2D eigenvalue weighted by molar-refractivity contribution is -0.138. The third kappa shape index (κ3) is 2.99. The fourth-order valence-corrected chi connectivity index (χ4v) is 3.91. The fraction of sp³-hybridized carbons (Fsp3) is 0.250. The lowest BCUT2D eigenvalue weighted by Gasteiger charge is -2.25. The first-order valence-corrected chi connectivity index (χ1v) is 9.43. The van der Waals surface area contributed by atoms with E-state index < -0.39 is 17.6 Å². The Hall–Kier alpha value is -3.63. The van der Waals surface area contributed by atoms with Crippen LogP contribution in [0.4, 0.5) is 17.6 Å². The van der Waals surface area contributed by atoms with E-state index in [4.69, 9.17) is 0 Å². The molecular weight excluding hydrogens is 414 g/mol. The van der Waals surface area contributed by atoms with Crippen LogP contribution in [0.2, 0.25) is 0 Å². The van der Waals surface area contributed by atoms with Crippen molar-refractivity contribution < 1.29 is 17.6 Å². The van der Waals surface area contributed by atoms with Crippen molar-refractivity contribution in [3.63, 3.8) is 0 Å². The zero-order chi connectivity index (χ0) is 21.9. The average Bonchev–Trinajstić information content (AvgIpc) is 3.33. The summed E-state index contributed by atoms with van der Waals surface area (Å²) in [6.07, 6.45) is -3.37. The quantitative estimate of drug-likeness (QED) is 0.444. The number of rotatable bonds is 2. The van der Waals surface area contributed by atoms with Crippen molar-refractivity contribution in [1.82, 2.24) is 34.5 Å². The van der Waals surface area contributed by atoms with Gasteiger partial charge in [0.25, 0.3) is 0 Å². The summed E-state index contributed by atoms with van der Waals surface area (Å²) in [5.41, 5.74) is 0.183. The van der Waals surface area contributed by atoms with Gasteiger partial charge >= 0.3 is 6.18 Å². The standard InChI is InChI=1S/C20H15F4N7/c1-10-9-30-17(15-7-6-12(21)8-25-15)27-28-18(30)19-29-26-16(31(10)19)13-4-3-5-14(11(13)2)20(22,23)24/h3-8,10H,9H2,1-2H3. The molecule has 31 heavy (non-hydrogen) atoms. The SMILES string of the molecule is Cc1c(-c2nnc3n2C(C)Cn2c(-c4ccc(F)cn4)nnc2-3)cccc1C(F)(F)F. The summed E-state index contributed by atoms with van der Waals surface area (Å²) in [5, 5.41) is 16.8. The number of benzene rings is 1. The van der Waals surface area contributed by atoms with Gasteiger partial charge in [-0.2, -0.15) is 13.2 Å². The van der Waals surface area contributed by atoms with E-state index in [1.165, 1.54) is 25.1 Å². The van der Waals surface area contributed by atoms with Gasteiger partial charge in [-0.3, -0.25) is 4.57 Å². The second kappa shape index (κ2) is 6.69.